The molecule has 1 amide bonds. The van der Waals surface area contributed by atoms with Crippen molar-refractivity contribution in [3.63, 3.8) is 0 Å². The van der Waals surface area contributed by atoms with Crippen LogP contribution in [0.15, 0.2) is 60.2 Å². The van der Waals surface area contributed by atoms with Crippen LogP contribution in [0.4, 0.5) is 0 Å². The number of nitrogens with zero attached hydrogens (tertiary/aromatic N) is 3. The predicted octanol–water partition coefficient (Wildman–Crippen LogP) is 6.37. The molecule has 0 unspecified atom stereocenters. The Labute approximate surface area is 209 Å². The highest BCUT2D eigenvalue weighted by atomic mass is 32.1. The van der Waals surface area contributed by atoms with Crippen LogP contribution in [0.5, 0.6) is 0 Å². The number of aromatic amines is 1. The number of H-pyrrole nitrogens is 1. The van der Waals surface area contributed by atoms with Crippen molar-refractivity contribution in [3.05, 3.63) is 71.6 Å². The Hall–Kier alpha value is -3.32. The van der Waals surface area contributed by atoms with Gasteiger partial charge in [-0.1, -0.05) is 49.6 Å². The van der Waals surface area contributed by atoms with Gasteiger partial charge in [-0.2, -0.15) is 0 Å². The lowest BCUT2D eigenvalue weighted by atomic mass is 9.91. The van der Waals surface area contributed by atoms with Crippen LogP contribution in [-0.2, 0) is 0 Å². The number of ketones is 1. The molecule has 0 spiro atoms. The average molecular weight is 487 g/mol. The normalized spacial score (nSPS) is 14.5. The van der Waals surface area contributed by atoms with Gasteiger partial charge in [0, 0.05) is 53.8 Å². The molecule has 1 aliphatic rings. The summed E-state index contributed by atoms with van der Waals surface area (Å²) in [7, 11) is 0. The van der Waals surface area contributed by atoms with Crippen LogP contribution in [0.3, 0.4) is 0 Å². The first-order valence-electron chi connectivity index (χ1n) is 12.4. The lowest BCUT2D eigenvalue weighted by molar-refractivity contribution is 0.0680. The fourth-order valence-electron chi connectivity index (χ4n) is 4.82. The van der Waals surface area contributed by atoms with Gasteiger partial charge in [-0.15, -0.1) is 11.3 Å². The number of benzene rings is 1. The molecule has 5 rings (SSSR count). The summed E-state index contributed by atoms with van der Waals surface area (Å²) in [6.45, 7) is 1.60. The fourth-order valence-corrected chi connectivity index (χ4v) is 5.62. The van der Waals surface area contributed by atoms with Gasteiger partial charge in [-0.25, -0.2) is 4.98 Å². The minimum Gasteiger partial charge on any atom is -0.352 e. The van der Waals surface area contributed by atoms with E-state index >= 15 is 0 Å². The molecule has 1 saturated heterocycles. The number of pyridine rings is 1. The number of thiazole rings is 1. The molecule has 35 heavy (non-hydrogen) atoms. The number of rotatable bonds is 9. The summed E-state index contributed by atoms with van der Waals surface area (Å²) in [5.74, 6) is 0.880. The standard InChI is InChI=1S/C28H30N4O2S/c33-26(24-17-22-18-29-14-11-23(22)30-24)10-6-1-3-7-20-12-15-32(16-13-20)28(34)25-19-35-27(31-25)21-8-4-2-5-9-21/h2,4-5,8-9,11,14,17-20,30H,1,3,6-7,10,12-13,15-16H2. The van der Waals surface area contributed by atoms with Crippen molar-refractivity contribution in [1.82, 2.24) is 19.9 Å². The van der Waals surface area contributed by atoms with Crippen LogP contribution in [0.2, 0.25) is 0 Å². The van der Waals surface area contributed by atoms with Crippen molar-refractivity contribution in [3.8, 4) is 10.6 Å². The summed E-state index contributed by atoms with van der Waals surface area (Å²) in [4.78, 5) is 39.2. The van der Waals surface area contributed by atoms with E-state index in [1.807, 2.05) is 52.7 Å². The quantitative estimate of drug-likeness (QED) is 0.220. The number of likely N-dealkylation sites (tertiary alicyclic amines) is 1. The zero-order chi connectivity index (χ0) is 24.0. The monoisotopic (exact) mass is 486 g/mol. The second-order valence-corrected chi connectivity index (χ2v) is 10.2. The topological polar surface area (TPSA) is 79.0 Å². The molecule has 1 aliphatic heterocycles. The minimum atomic E-state index is 0.0492. The Balaban J connectivity index is 1.01. The number of hydrogen-bond acceptors (Lipinski definition) is 5. The largest absolute Gasteiger partial charge is 0.352 e. The molecular weight excluding hydrogens is 456 g/mol. The summed E-state index contributed by atoms with van der Waals surface area (Å²) in [5.41, 5.74) is 3.25. The molecule has 4 heterocycles. The first-order chi connectivity index (χ1) is 17.2. The molecule has 6 nitrogen and oxygen atoms in total. The molecule has 1 fully saturated rings. The van der Waals surface area contributed by atoms with Gasteiger partial charge in [0.1, 0.15) is 10.7 Å². The number of amides is 1. The Bertz CT molecular complexity index is 1260. The number of piperidine rings is 1. The van der Waals surface area contributed by atoms with Crippen LogP contribution >= 0.6 is 11.3 Å². The van der Waals surface area contributed by atoms with Crippen LogP contribution in [0.25, 0.3) is 21.5 Å². The molecule has 3 aromatic heterocycles. The molecule has 180 valence electrons. The van der Waals surface area contributed by atoms with Crippen LogP contribution < -0.4 is 0 Å². The van der Waals surface area contributed by atoms with Crippen LogP contribution in [0, 0.1) is 5.92 Å². The Morgan fingerprint density at radius 3 is 2.69 bits per heavy atom. The van der Waals surface area contributed by atoms with E-state index in [2.05, 4.69) is 15.0 Å². The number of nitrogens with one attached hydrogen (secondary N) is 1. The second kappa shape index (κ2) is 11.0. The molecule has 0 radical (unpaired) electrons. The molecule has 0 bridgehead atoms. The fraction of sp³-hybridized carbons (Fsp3) is 0.357. The first kappa shape index (κ1) is 23.4. The second-order valence-electron chi connectivity index (χ2n) is 9.31. The van der Waals surface area contributed by atoms with Gasteiger partial charge in [-0.3, -0.25) is 14.6 Å². The third-order valence-electron chi connectivity index (χ3n) is 6.88. The maximum atomic E-state index is 12.9. The summed E-state index contributed by atoms with van der Waals surface area (Å²) < 4.78 is 0. The van der Waals surface area contributed by atoms with Gasteiger partial charge < -0.3 is 9.88 Å². The molecule has 4 aromatic rings. The van der Waals surface area contributed by atoms with Crippen molar-refractivity contribution in [1.29, 1.82) is 0 Å². The maximum Gasteiger partial charge on any atom is 0.273 e. The van der Waals surface area contributed by atoms with Crippen LogP contribution in [-0.4, -0.2) is 44.6 Å². The van der Waals surface area contributed by atoms with E-state index in [1.165, 1.54) is 17.8 Å². The SMILES string of the molecule is O=C(CCCCCC1CCN(C(=O)c2csc(-c3ccccc3)n2)CC1)c1cc2cnccc2[nH]1. The number of aromatic nitrogens is 3. The number of fused-ring (bicyclic) bond motifs is 1. The zero-order valence-electron chi connectivity index (χ0n) is 19.8. The van der Waals surface area contributed by atoms with Crippen molar-refractivity contribution >= 4 is 33.9 Å². The number of carbonyl (C=O) groups excluding carboxylic acids is 2. The van der Waals surface area contributed by atoms with Crippen molar-refractivity contribution in [2.24, 2.45) is 5.92 Å². The summed E-state index contributed by atoms with van der Waals surface area (Å²) >= 11 is 1.53. The van der Waals surface area contributed by atoms with E-state index in [-0.39, 0.29) is 11.7 Å². The van der Waals surface area contributed by atoms with Crippen LogP contribution in [0.1, 0.15) is 65.9 Å². The Kier molecular flexibility index (Phi) is 7.33. The van der Waals surface area contributed by atoms with Gasteiger partial charge in [0.15, 0.2) is 5.78 Å². The first-order valence-corrected chi connectivity index (χ1v) is 13.3. The number of Topliss-reactive ketones (excluding diaryl/α,β-unsaturated/α-hetero) is 1. The highest BCUT2D eigenvalue weighted by molar-refractivity contribution is 7.13. The highest BCUT2D eigenvalue weighted by Crippen LogP contribution is 2.27. The van der Waals surface area contributed by atoms with E-state index in [0.717, 1.165) is 66.7 Å². The van der Waals surface area contributed by atoms with E-state index in [0.29, 0.717) is 23.7 Å². The van der Waals surface area contributed by atoms with E-state index < -0.39 is 0 Å². The zero-order valence-corrected chi connectivity index (χ0v) is 20.6. The lowest BCUT2D eigenvalue weighted by Crippen LogP contribution is -2.38. The third kappa shape index (κ3) is 5.68. The summed E-state index contributed by atoms with van der Waals surface area (Å²) in [5, 5.41) is 3.75. The van der Waals surface area contributed by atoms with Gasteiger partial charge in [0.2, 0.25) is 0 Å². The molecule has 1 N–H and O–H groups in total. The summed E-state index contributed by atoms with van der Waals surface area (Å²) in [6.07, 6.45) is 10.5. The predicted molar refractivity (Wildman–Crippen MR) is 140 cm³/mol. The van der Waals surface area contributed by atoms with Gasteiger partial charge in [0.25, 0.3) is 5.91 Å². The van der Waals surface area contributed by atoms with Gasteiger partial charge in [0.05, 0.1) is 5.69 Å². The van der Waals surface area contributed by atoms with E-state index in [1.54, 1.807) is 12.4 Å². The Morgan fingerprint density at radius 2 is 1.89 bits per heavy atom. The number of hydrogen-bond donors (Lipinski definition) is 1. The van der Waals surface area contributed by atoms with E-state index in [9.17, 15) is 9.59 Å². The molecule has 0 atom stereocenters. The minimum absolute atomic E-state index is 0.0492. The molecule has 7 heteroatoms. The lowest BCUT2D eigenvalue weighted by Gasteiger charge is -2.31. The van der Waals surface area contributed by atoms with Crippen molar-refractivity contribution in [2.75, 3.05) is 13.1 Å². The Morgan fingerprint density at radius 1 is 1.06 bits per heavy atom. The molecule has 1 aromatic carbocycles. The molecule has 0 saturated carbocycles. The maximum absolute atomic E-state index is 12.9. The van der Waals surface area contributed by atoms with Gasteiger partial charge in [-0.05, 0) is 37.3 Å². The third-order valence-corrected chi connectivity index (χ3v) is 7.77. The molecule has 0 aliphatic carbocycles. The van der Waals surface area contributed by atoms with Crippen molar-refractivity contribution < 1.29 is 9.59 Å². The van der Waals surface area contributed by atoms with E-state index in [4.69, 9.17) is 0 Å². The molecular formula is C28H30N4O2S. The van der Waals surface area contributed by atoms with Gasteiger partial charge >= 0.3 is 0 Å². The highest BCUT2D eigenvalue weighted by Gasteiger charge is 2.25. The number of unbranched alkanes of at least 4 members (excludes halogenated alkanes) is 2. The number of carbonyl (C=O) groups is 2. The average Bonchev–Trinajstić information content (AvgIpc) is 3.57. The summed E-state index contributed by atoms with van der Waals surface area (Å²) in [6, 6.07) is 13.8. The smallest absolute Gasteiger partial charge is 0.273 e. The van der Waals surface area contributed by atoms with Crippen molar-refractivity contribution in [2.45, 2.75) is 44.9 Å².